The highest BCUT2D eigenvalue weighted by atomic mass is 19.4. The molecule has 1 aromatic rings. The van der Waals surface area contributed by atoms with Crippen molar-refractivity contribution >= 4 is 6.29 Å². The average Bonchev–Trinajstić information content (AvgIpc) is 2.32. The van der Waals surface area contributed by atoms with Crippen LogP contribution in [-0.4, -0.2) is 21.5 Å². The van der Waals surface area contributed by atoms with Crippen LogP contribution in [0.5, 0.6) is 0 Å². The maximum absolute atomic E-state index is 11.7. The normalized spacial score (nSPS) is 11.5. The van der Waals surface area contributed by atoms with Crippen LogP contribution in [0.1, 0.15) is 16.4 Å². The van der Waals surface area contributed by atoms with E-state index in [4.69, 9.17) is 0 Å². The smallest absolute Gasteiger partial charge is 0.315 e. The fraction of sp³-hybridized carbons (Fsp3) is 0.250. The van der Waals surface area contributed by atoms with Crippen molar-refractivity contribution < 1.29 is 18.0 Å². The summed E-state index contributed by atoms with van der Waals surface area (Å²) in [5.74, 6) is -1.70. The summed E-state index contributed by atoms with van der Waals surface area (Å²) in [6.07, 6.45) is -4.42. The Morgan fingerprint density at radius 2 is 2.00 bits per heavy atom. The van der Waals surface area contributed by atoms with Gasteiger partial charge in [-0.3, -0.25) is 4.79 Å². The highest BCUT2D eigenvalue weighted by molar-refractivity contribution is 5.68. The number of aromatic amines is 1. The Labute approximate surface area is 58.4 Å². The monoisotopic (exact) mass is 165 g/mol. The molecule has 0 saturated heterocycles. The number of halogens is 3. The van der Waals surface area contributed by atoms with Crippen molar-refractivity contribution in [3.05, 3.63) is 11.6 Å². The first kappa shape index (κ1) is 7.70. The number of hydrogen-bond acceptors (Lipinski definition) is 3. The highest BCUT2D eigenvalue weighted by Gasteiger charge is 2.35. The molecule has 1 heterocycles. The summed E-state index contributed by atoms with van der Waals surface area (Å²) in [5, 5.41) is 5.60. The quantitative estimate of drug-likeness (QED) is 0.621. The lowest BCUT2D eigenvalue weighted by Crippen LogP contribution is -2.07. The number of aromatic nitrogens is 3. The lowest BCUT2D eigenvalue weighted by molar-refractivity contribution is -0.144. The number of nitrogens with one attached hydrogen (secondary N) is 1. The standard InChI is InChI=1S/C4H2F3N3O/c5-4(6,7)3-8-2(1-11)9-10-3/h1H,(H,8,9,10). The third-order valence-corrected chi connectivity index (χ3v) is 0.884. The summed E-state index contributed by atoms with van der Waals surface area (Å²) >= 11 is 0. The van der Waals surface area contributed by atoms with Gasteiger partial charge in [0.25, 0.3) is 0 Å². The summed E-state index contributed by atoms with van der Waals surface area (Å²) < 4.78 is 35.1. The predicted molar refractivity (Wildman–Crippen MR) is 26.8 cm³/mol. The minimum absolute atomic E-state index is 0.155. The van der Waals surface area contributed by atoms with Crippen molar-refractivity contribution in [3.8, 4) is 0 Å². The lowest BCUT2D eigenvalue weighted by Gasteiger charge is -1.97. The molecule has 11 heavy (non-hydrogen) atoms. The lowest BCUT2D eigenvalue weighted by atomic mass is 10.6. The zero-order valence-electron chi connectivity index (χ0n) is 5.01. The van der Waals surface area contributed by atoms with E-state index in [0.717, 1.165) is 0 Å². The zero-order valence-corrected chi connectivity index (χ0v) is 5.01. The molecule has 0 unspecified atom stereocenters. The molecule has 4 nitrogen and oxygen atoms in total. The van der Waals surface area contributed by atoms with Gasteiger partial charge in [0.05, 0.1) is 0 Å². The van der Waals surface area contributed by atoms with E-state index in [0.29, 0.717) is 0 Å². The molecular weight excluding hydrogens is 163 g/mol. The molecule has 60 valence electrons. The van der Waals surface area contributed by atoms with Gasteiger partial charge in [-0.1, -0.05) is 0 Å². The second-order valence-corrected chi connectivity index (χ2v) is 1.67. The van der Waals surface area contributed by atoms with Gasteiger partial charge in [-0.05, 0) is 0 Å². The van der Waals surface area contributed by atoms with Crippen molar-refractivity contribution in [2.45, 2.75) is 6.18 Å². The number of alkyl halides is 3. The molecule has 0 saturated carbocycles. The Hall–Kier alpha value is -1.40. The van der Waals surface area contributed by atoms with Crippen LogP contribution >= 0.6 is 0 Å². The third-order valence-electron chi connectivity index (χ3n) is 0.884. The molecule has 0 atom stereocenters. The minimum atomic E-state index is -4.58. The van der Waals surface area contributed by atoms with Gasteiger partial charge in [0.15, 0.2) is 12.1 Å². The van der Waals surface area contributed by atoms with Gasteiger partial charge in [0, 0.05) is 0 Å². The maximum atomic E-state index is 11.7. The number of carbonyl (C=O) groups excluding carboxylic acids is 1. The van der Waals surface area contributed by atoms with Gasteiger partial charge >= 0.3 is 6.18 Å². The fourth-order valence-corrected chi connectivity index (χ4v) is 0.456. The highest BCUT2D eigenvalue weighted by Crippen LogP contribution is 2.25. The second-order valence-electron chi connectivity index (χ2n) is 1.67. The van der Waals surface area contributed by atoms with E-state index < -0.39 is 17.8 Å². The van der Waals surface area contributed by atoms with Gasteiger partial charge < -0.3 is 4.98 Å². The molecule has 1 rings (SSSR count). The summed E-state index contributed by atoms with van der Waals surface area (Å²) in [6, 6.07) is 0. The second kappa shape index (κ2) is 2.33. The zero-order chi connectivity index (χ0) is 8.48. The Kier molecular flexibility index (Phi) is 1.63. The summed E-state index contributed by atoms with van der Waals surface area (Å²) in [5.41, 5.74) is 0. The molecule has 0 fully saturated rings. The first-order valence-electron chi connectivity index (χ1n) is 2.49. The summed E-state index contributed by atoms with van der Waals surface area (Å²) in [4.78, 5) is 11.5. The first-order valence-corrected chi connectivity index (χ1v) is 2.49. The van der Waals surface area contributed by atoms with E-state index in [9.17, 15) is 18.0 Å². The van der Waals surface area contributed by atoms with E-state index in [1.165, 1.54) is 0 Å². The molecule has 0 aromatic carbocycles. The minimum Gasteiger partial charge on any atom is -0.315 e. The molecule has 1 aromatic heterocycles. The van der Waals surface area contributed by atoms with E-state index in [1.807, 2.05) is 0 Å². The number of rotatable bonds is 1. The molecule has 0 bridgehead atoms. The third kappa shape index (κ3) is 1.54. The number of aldehydes is 1. The molecule has 0 radical (unpaired) electrons. The van der Waals surface area contributed by atoms with Crippen molar-refractivity contribution in [3.63, 3.8) is 0 Å². The molecule has 0 aliphatic carbocycles. The van der Waals surface area contributed by atoms with Crippen LogP contribution in [0.2, 0.25) is 0 Å². The Morgan fingerprint density at radius 1 is 1.36 bits per heavy atom. The predicted octanol–water partition coefficient (Wildman–Crippen LogP) is 0.636. The van der Waals surface area contributed by atoms with Gasteiger partial charge in [0.2, 0.25) is 5.82 Å². The van der Waals surface area contributed by atoms with Crippen LogP contribution in [0.4, 0.5) is 13.2 Å². The fourth-order valence-electron chi connectivity index (χ4n) is 0.456. The van der Waals surface area contributed by atoms with Crippen LogP contribution in [0, 0.1) is 0 Å². The molecule has 0 aliphatic heterocycles. The Morgan fingerprint density at radius 3 is 2.27 bits per heavy atom. The van der Waals surface area contributed by atoms with Crippen LogP contribution in [0.3, 0.4) is 0 Å². The first-order chi connectivity index (χ1) is 5.04. The van der Waals surface area contributed by atoms with E-state index in [-0.39, 0.29) is 6.29 Å². The van der Waals surface area contributed by atoms with Crippen LogP contribution in [0.25, 0.3) is 0 Å². The SMILES string of the molecule is O=Cc1nnc(C(F)(F)F)[nH]1. The molecule has 0 aliphatic rings. The van der Waals surface area contributed by atoms with Crippen LogP contribution in [0.15, 0.2) is 0 Å². The number of nitrogens with zero attached hydrogens (tertiary/aromatic N) is 2. The summed E-state index contributed by atoms with van der Waals surface area (Å²) in [6.45, 7) is 0. The van der Waals surface area contributed by atoms with Gasteiger partial charge in [-0.15, -0.1) is 10.2 Å². The number of carbonyl (C=O) groups is 1. The average molecular weight is 165 g/mol. The molecule has 1 N–H and O–H groups in total. The van der Waals surface area contributed by atoms with Gasteiger partial charge in [-0.2, -0.15) is 13.2 Å². The van der Waals surface area contributed by atoms with Crippen molar-refractivity contribution in [1.82, 2.24) is 15.2 Å². The van der Waals surface area contributed by atoms with Gasteiger partial charge in [0.1, 0.15) is 0 Å². The van der Waals surface area contributed by atoms with E-state index in [2.05, 4.69) is 10.2 Å². The molecule has 7 heteroatoms. The van der Waals surface area contributed by atoms with Crippen LogP contribution in [-0.2, 0) is 6.18 Å². The van der Waals surface area contributed by atoms with E-state index >= 15 is 0 Å². The largest absolute Gasteiger partial charge is 0.451 e. The summed E-state index contributed by atoms with van der Waals surface area (Å²) in [7, 11) is 0. The van der Waals surface area contributed by atoms with Crippen LogP contribution < -0.4 is 0 Å². The molecular formula is C4H2F3N3O. The Balaban J connectivity index is 2.98. The molecule has 0 amide bonds. The Bertz CT molecular complexity index is 266. The van der Waals surface area contributed by atoms with E-state index in [1.54, 1.807) is 4.98 Å². The topological polar surface area (TPSA) is 58.6 Å². The van der Waals surface area contributed by atoms with Gasteiger partial charge in [-0.25, -0.2) is 0 Å². The maximum Gasteiger partial charge on any atom is 0.451 e. The molecule has 0 spiro atoms. The van der Waals surface area contributed by atoms with Crippen molar-refractivity contribution in [1.29, 1.82) is 0 Å². The van der Waals surface area contributed by atoms with Crippen molar-refractivity contribution in [2.75, 3.05) is 0 Å². The van der Waals surface area contributed by atoms with Crippen molar-refractivity contribution in [2.24, 2.45) is 0 Å². The number of hydrogen-bond donors (Lipinski definition) is 1. The number of H-pyrrole nitrogens is 1.